The van der Waals surface area contributed by atoms with Gasteiger partial charge >= 0.3 is 0 Å². The molecular formula is C15H25ClN2. The lowest BCUT2D eigenvalue weighted by Crippen LogP contribution is -2.24. The Hall–Kier alpha value is -0.600. The second kappa shape index (κ2) is 7.10. The van der Waals surface area contributed by atoms with E-state index in [1.54, 1.807) is 0 Å². The summed E-state index contributed by atoms with van der Waals surface area (Å²) in [6.07, 6.45) is 5.16. The number of nitrogens with one attached hydrogen (secondary N) is 1. The number of pyridine rings is 1. The molecule has 0 saturated heterocycles. The van der Waals surface area contributed by atoms with Crippen molar-refractivity contribution in [3.05, 3.63) is 29.0 Å². The summed E-state index contributed by atoms with van der Waals surface area (Å²) in [4.78, 5) is 4.44. The Bertz CT molecular complexity index is 358. The molecule has 1 aromatic rings. The fourth-order valence-corrected chi connectivity index (χ4v) is 2.14. The van der Waals surface area contributed by atoms with Crippen LogP contribution < -0.4 is 5.32 Å². The van der Waals surface area contributed by atoms with Gasteiger partial charge in [-0.2, -0.15) is 0 Å². The SMILES string of the molecule is CCCNC(CCC(C)(C)C)c1ncccc1Cl. The van der Waals surface area contributed by atoms with Crippen molar-refractivity contribution < 1.29 is 0 Å². The first-order valence-corrected chi connectivity index (χ1v) is 7.15. The lowest BCUT2D eigenvalue weighted by atomic mass is 9.88. The van der Waals surface area contributed by atoms with E-state index in [4.69, 9.17) is 11.6 Å². The van der Waals surface area contributed by atoms with Gasteiger partial charge in [0.15, 0.2) is 0 Å². The third-order valence-electron chi connectivity index (χ3n) is 2.94. The highest BCUT2D eigenvalue weighted by Gasteiger charge is 2.19. The van der Waals surface area contributed by atoms with E-state index in [1.165, 1.54) is 0 Å². The van der Waals surface area contributed by atoms with Gasteiger partial charge in [-0.05, 0) is 43.4 Å². The molecule has 1 heterocycles. The van der Waals surface area contributed by atoms with Crippen molar-refractivity contribution in [3.8, 4) is 0 Å². The minimum atomic E-state index is 0.262. The number of nitrogens with zero attached hydrogens (tertiary/aromatic N) is 1. The molecule has 0 saturated carbocycles. The summed E-state index contributed by atoms with van der Waals surface area (Å²) in [5, 5.41) is 4.32. The van der Waals surface area contributed by atoms with Crippen LogP contribution in [0.2, 0.25) is 5.02 Å². The van der Waals surface area contributed by atoms with Crippen molar-refractivity contribution >= 4 is 11.6 Å². The van der Waals surface area contributed by atoms with Gasteiger partial charge in [0.25, 0.3) is 0 Å². The average molecular weight is 269 g/mol. The first-order chi connectivity index (χ1) is 8.44. The highest BCUT2D eigenvalue weighted by Crippen LogP contribution is 2.29. The molecular weight excluding hydrogens is 244 g/mol. The van der Waals surface area contributed by atoms with Gasteiger partial charge in [0.2, 0.25) is 0 Å². The molecule has 2 nitrogen and oxygen atoms in total. The Morgan fingerprint density at radius 1 is 1.39 bits per heavy atom. The zero-order valence-electron chi connectivity index (χ0n) is 12.0. The van der Waals surface area contributed by atoms with Crippen LogP contribution in [-0.2, 0) is 0 Å². The second-order valence-electron chi connectivity index (χ2n) is 5.98. The molecule has 0 amide bonds. The average Bonchev–Trinajstić information content (AvgIpc) is 2.29. The van der Waals surface area contributed by atoms with Crippen LogP contribution in [0.25, 0.3) is 0 Å². The molecule has 18 heavy (non-hydrogen) atoms. The number of hydrogen-bond acceptors (Lipinski definition) is 2. The molecule has 0 aliphatic carbocycles. The number of hydrogen-bond donors (Lipinski definition) is 1. The van der Waals surface area contributed by atoms with E-state index in [2.05, 4.69) is 38.0 Å². The minimum absolute atomic E-state index is 0.262. The van der Waals surface area contributed by atoms with Crippen LogP contribution in [0.1, 0.15) is 58.7 Å². The number of halogens is 1. The van der Waals surface area contributed by atoms with E-state index in [0.29, 0.717) is 5.41 Å². The van der Waals surface area contributed by atoms with Crippen molar-refractivity contribution in [2.24, 2.45) is 5.41 Å². The molecule has 0 aliphatic rings. The second-order valence-corrected chi connectivity index (χ2v) is 6.38. The molecule has 1 atom stereocenters. The maximum Gasteiger partial charge on any atom is 0.0758 e. The van der Waals surface area contributed by atoms with E-state index in [9.17, 15) is 0 Å². The van der Waals surface area contributed by atoms with E-state index < -0.39 is 0 Å². The summed E-state index contributed by atoms with van der Waals surface area (Å²) in [7, 11) is 0. The van der Waals surface area contributed by atoms with Crippen molar-refractivity contribution in [3.63, 3.8) is 0 Å². The topological polar surface area (TPSA) is 24.9 Å². The summed E-state index contributed by atoms with van der Waals surface area (Å²) in [6.45, 7) is 9.98. The van der Waals surface area contributed by atoms with Crippen molar-refractivity contribution in [1.29, 1.82) is 0 Å². The standard InChI is InChI=1S/C15H25ClN2/c1-5-10-17-13(8-9-15(2,3)4)14-12(16)7-6-11-18-14/h6-7,11,13,17H,5,8-10H2,1-4H3. The quantitative estimate of drug-likeness (QED) is 0.815. The number of rotatable bonds is 6. The first kappa shape index (κ1) is 15.5. The van der Waals surface area contributed by atoms with E-state index in [1.807, 2.05) is 18.3 Å². The molecule has 0 spiro atoms. The molecule has 1 unspecified atom stereocenters. The third-order valence-corrected chi connectivity index (χ3v) is 3.26. The highest BCUT2D eigenvalue weighted by molar-refractivity contribution is 6.31. The van der Waals surface area contributed by atoms with Gasteiger partial charge in [0, 0.05) is 6.20 Å². The summed E-state index contributed by atoms with van der Waals surface area (Å²) >= 11 is 6.25. The molecule has 1 rings (SSSR count). The molecule has 102 valence electrons. The predicted molar refractivity (Wildman–Crippen MR) is 79.0 cm³/mol. The molecule has 0 fully saturated rings. The Morgan fingerprint density at radius 2 is 2.11 bits per heavy atom. The Balaban J connectivity index is 2.75. The summed E-state index contributed by atoms with van der Waals surface area (Å²) < 4.78 is 0. The normalized spacial score (nSPS) is 13.6. The van der Waals surface area contributed by atoms with Gasteiger partial charge in [-0.1, -0.05) is 39.3 Å². The highest BCUT2D eigenvalue weighted by atomic mass is 35.5. The van der Waals surface area contributed by atoms with Crippen LogP contribution in [0.15, 0.2) is 18.3 Å². The lowest BCUT2D eigenvalue weighted by molar-refractivity contribution is 0.330. The lowest BCUT2D eigenvalue weighted by Gasteiger charge is -2.24. The van der Waals surface area contributed by atoms with Crippen molar-refractivity contribution in [1.82, 2.24) is 10.3 Å². The van der Waals surface area contributed by atoms with Crippen LogP contribution >= 0.6 is 11.6 Å². The van der Waals surface area contributed by atoms with Crippen LogP contribution in [0.4, 0.5) is 0 Å². The Kier molecular flexibility index (Phi) is 6.10. The van der Waals surface area contributed by atoms with Crippen molar-refractivity contribution in [2.45, 2.75) is 53.0 Å². The molecule has 0 radical (unpaired) electrons. The fourth-order valence-electron chi connectivity index (χ4n) is 1.89. The van der Waals surface area contributed by atoms with Crippen LogP contribution in [0.3, 0.4) is 0 Å². The third kappa shape index (κ3) is 5.36. The van der Waals surface area contributed by atoms with Gasteiger partial charge in [-0.3, -0.25) is 4.98 Å². The van der Waals surface area contributed by atoms with Gasteiger partial charge in [-0.15, -0.1) is 0 Å². The van der Waals surface area contributed by atoms with Crippen LogP contribution in [0, 0.1) is 5.41 Å². The van der Waals surface area contributed by atoms with Crippen molar-refractivity contribution in [2.75, 3.05) is 6.54 Å². The zero-order valence-corrected chi connectivity index (χ0v) is 12.7. The fraction of sp³-hybridized carbons (Fsp3) is 0.667. The maximum atomic E-state index is 6.25. The Labute approximate surface area is 116 Å². The molecule has 1 aromatic heterocycles. The summed E-state index contributed by atoms with van der Waals surface area (Å²) in [5.41, 5.74) is 1.32. The largest absolute Gasteiger partial charge is 0.309 e. The van der Waals surface area contributed by atoms with E-state index in [-0.39, 0.29) is 6.04 Å². The maximum absolute atomic E-state index is 6.25. The Morgan fingerprint density at radius 3 is 2.67 bits per heavy atom. The van der Waals surface area contributed by atoms with Crippen LogP contribution in [-0.4, -0.2) is 11.5 Å². The predicted octanol–water partition coefficient (Wildman–Crippen LogP) is 4.60. The summed E-state index contributed by atoms with van der Waals surface area (Å²) in [6, 6.07) is 4.06. The monoisotopic (exact) mass is 268 g/mol. The van der Waals surface area contributed by atoms with Gasteiger partial charge in [0.1, 0.15) is 0 Å². The molecule has 0 aromatic carbocycles. The smallest absolute Gasteiger partial charge is 0.0758 e. The van der Waals surface area contributed by atoms with Gasteiger partial charge in [0.05, 0.1) is 16.8 Å². The zero-order chi connectivity index (χ0) is 13.6. The van der Waals surface area contributed by atoms with Crippen LogP contribution in [0.5, 0.6) is 0 Å². The van der Waals surface area contributed by atoms with E-state index >= 15 is 0 Å². The molecule has 0 aliphatic heterocycles. The summed E-state index contributed by atoms with van der Waals surface area (Å²) in [5.74, 6) is 0. The van der Waals surface area contributed by atoms with Gasteiger partial charge in [-0.25, -0.2) is 0 Å². The first-order valence-electron chi connectivity index (χ1n) is 6.78. The molecule has 1 N–H and O–H groups in total. The number of aromatic nitrogens is 1. The minimum Gasteiger partial charge on any atom is -0.309 e. The molecule has 0 bridgehead atoms. The van der Waals surface area contributed by atoms with E-state index in [0.717, 1.165) is 36.5 Å². The van der Waals surface area contributed by atoms with Gasteiger partial charge < -0.3 is 5.32 Å². The molecule has 3 heteroatoms.